The molecule has 158 valence electrons. The molecule has 2 aromatic carbocycles. The minimum atomic E-state index is -3.88. The van der Waals surface area contributed by atoms with E-state index < -0.39 is 21.5 Å². The molecule has 0 spiro atoms. The summed E-state index contributed by atoms with van der Waals surface area (Å²) in [5.41, 5.74) is 0.997. The number of hydrogen-bond acceptors (Lipinski definition) is 5. The van der Waals surface area contributed by atoms with Gasteiger partial charge in [0.05, 0.1) is 13.4 Å². The molecule has 0 atom stereocenters. The molecule has 0 aliphatic rings. The monoisotopic (exact) mass is 428 g/mol. The van der Waals surface area contributed by atoms with Crippen molar-refractivity contribution >= 4 is 21.6 Å². The molecule has 3 rings (SSSR count). The van der Waals surface area contributed by atoms with Crippen molar-refractivity contribution < 1.29 is 17.9 Å². The van der Waals surface area contributed by atoms with E-state index in [4.69, 9.17) is 4.74 Å². The Morgan fingerprint density at radius 1 is 1.10 bits per heavy atom. The molecule has 8 nitrogen and oxygen atoms in total. The number of sulfonamides is 1. The van der Waals surface area contributed by atoms with Gasteiger partial charge in [-0.25, -0.2) is 18.1 Å². The van der Waals surface area contributed by atoms with E-state index in [1.54, 1.807) is 45.4 Å². The second kappa shape index (κ2) is 8.29. The van der Waals surface area contributed by atoms with Gasteiger partial charge in [0, 0.05) is 34.9 Å². The normalized spacial score (nSPS) is 11.9. The predicted molar refractivity (Wildman–Crippen MR) is 115 cm³/mol. The molecule has 0 bridgehead atoms. The third-order valence-corrected chi connectivity index (χ3v) is 5.86. The first-order valence-electron chi connectivity index (χ1n) is 9.21. The van der Waals surface area contributed by atoms with E-state index in [9.17, 15) is 13.2 Å². The van der Waals surface area contributed by atoms with Gasteiger partial charge >= 0.3 is 0 Å². The van der Waals surface area contributed by atoms with Crippen molar-refractivity contribution in [3.63, 3.8) is 0 Å². The van der Waals surface area contributed by atoms with E-state index in [1.807, 2.05) is 22.9 Å². The van der Waals surface area contributed by atoms with Crippen LogP contribution in [0.15, 0.2) is 66.1 Å². The average molecular weight is 429 g/mol. The quantitative estimate of drug-likeness (QED) is 0.628. The Bertz CT molecular complexity index is 1130. The van der Waals surface area contributed by atoms with Crippen LogP contribution < -0.4 is 14.8 Å². The average Bonchev–Trinajstić information content (AvgIpc) is 3.21. The third-order valence-electron chi connectivity index (χ3n) is 4.08. The topological polar surface area (TPSA) is 102 Å². The van der Waals surface area contributed by atoms with E-state index in [1.165, 1.54) is 25.3 Å². The molecule has 0 unspecified atom stereocenters. The Morgan fingerprint density at radius 3 is 2.37 bits per heavy atom. The van der Waals surface area contributed by atoms with Crippen LogP contribution in [0.1, 0.15) is 31.1 Å². The molecule has 0 aliphatic carbocycles. The molecular weight excluding hydrogens is 404 g/mol. The van der Waals surface area contributed by atoms with Gasteiger partial charge in [-0.15, -0.1) is 0 Å². The van der Waals surface area contributed by atoms with Crippen LogP contribution in [-0.2, 0) is 10.0 Å². The molecule has 30 heavy (non-hydrogen) atoms. The van der Waals surface area contributed by atoms with Crippen LogP contribution in [0.4, 0.5) is 5.69 Å². The minimum Gasteiger partial charge on any atom is -0.495 e. The zero-order valence-corrected chi connectivity index (χ0v) is 18.0. The summed E-state index contributed by atoms with van der Waals surface area (Å²) in [5, 5.41) is 2.78. The van der Waals surface area contributed by atoms with Crippen molar-refractivity contribution in [1.82, 2.24) is 14.3 Å². The Morgan fingerprint density at radius 2 is 1.80 bits per heavy atom. The highest BCUT2D eigenvalue weighted by Crippen LogP contribution is 2.26. The molecule has 1 aromatic heterocycles. The van der Waals surface area contributed by atoms with Crippen LogP contribution in [0.5, 0.6) is 5.75 Å². The molecule has 3 aromatic rings. The van der Waals surface area contributed by atoms with Crippen LogP contribution >= 0.6 is 0 Å². The maximum Gasteiger partial charge on any atom is 0.255 e. The van der Waals surface area contributed by atoms with Crippen LogP contribution in [0.2, 0.25) is 0 Å². The zero-order chi connectivity index (χ0) is 21.9. The number of imidazole rings is 1. The van der Waals surface area contributed by atoms with Crippen LogP contribution in [0.3, 0.4) is 0 Å². The maximum absolute atomic E-state index is 12.8. The Balaban J connectivity index is 1.84. The van der Waals surface area contributed by atoms with Crippen molar-refractivity contribution in [3.05, 3.63) is 66.7 Å². The molecular formula is C21H24N4O4S. The van der Waals surface area contributed by atoms with Crippen molar-refractivity contribution in [3.8, 4) is 11.4 Å². The van der Waals surface area contributed by atoms with E-state index in [0.717, 1.165) is 5.69 Å². The van der Waals surface area contributed by atoms with Crippen molar-refractivity contribution in [2.45, 2.75) is 31.2 Å². The lowest BCUT2D eigenvalue weighted by molar-refractivity contribution is 0.102. The van der Waals surface area contributed by atoms with E-state index in [2.05, 4.69) is 15.0 Å². The second-order valence-corrected chi connectivity index (χ2v) is 9.34. The van der Waals surface area contributed by atoms with Gasteiger partial charge in [-0.2, -0.15) is 0 Å². The zero-order valence-electron chi connectivity index (χ0n) is 17.2. The summed E-state index contributed by atoms with van der Waals surface area (Å²) in [7, 11) is -2.50. The number of aromatic nitrogens is 2. The van der Waals surface area contributed by atoms with Gasteiger partial charge in [-0.3, -0.25) is 4.79 Å². The molecule has 0 aliphatic heterocycles. The Labute approximate surface area is 176 Å². The van der Waals surface area contributed by atoms with Crippen molar-refractivity contribution in [2.75, 3.05) is 12.4 Å². The van der Waals surface area contributed by atoms with E-state index in [0.29, 0.717) is 5.69 Å². The summed E-state index contributed by atoms with van der Waals surface area (Å²) in [6.07, 6.45) is 5.18. The lowest BCUT2D eigenvalue weighted by Crippen LogP contribution is -2.40. The number of amides is 1. The van der Waals surface area contributed by atoms with Gasteiger partial charge in [0.2, 0.25) is 10.0 Å². The van der Waals surface area contributed by atoms with Gasteiger partial charge in [-0.1, -0.05) is 0 Å². The van der Waals surface area contributed by atoms with Gasteiger partial charge < -0.3 is 14.6 Å². The largest absolute Gasteiger partial charge is 0.495 e. The highest BCUT2D eigenvalue weighted by molar-refractivity contribution is 7.89. The molecule has 2 N–H and O–H groups in total. The molecule has 0 saturated carbocycles. The number of methoxy groups -OCH3 is 1. The maximum atomic E-state index is 12.8. The minimum absolute atomic E-state index is 0.0944. The lowest BCUT2D eigenvalue weighted by Gasteiger charge is -2.21. The van der Waals surface area contributed by atoms with Crippen molar-refractivity contribution in [1.29, 1.82) is 0 Å². The first-order valence-corrected chi connectivity index (χ1v) is 10.7. The fourth-order valence-corrected chi connectivity index (χ4v) is 4.43. The number of carbonyl (C=O) groups is 1. The summed E-state index contributed by atoms with van der Waals surface area (Å²) in [6.45, 7) is 5.21. The van der Waals surface area contributed by atoms with E-state index in [-0.39, 0.29) is 16.2 Å². The fraction of sp³-hybridized carbons (Fsp3) is 0.238. The SMILES string of the molecule is COc1ccc(C(=O)Nc2ccc(-n3ccnc3)cc2)cc1S(=O)(=O)NC(C)(C)C. The number of hydrogen-bond donors (Lipinski definition) is 2. The first kappa shape index (κ1) is 21.5. The van der Waals surface area contributed by atoms with Gasteiger partial charge in [0.15, 0.2) is 0 Å². The van der Waals surface area contributed by atoms with Crippen LogP contribution in [0.25, 0.3) is 5.69 Å². The molecule has 0 saturated heterocycles. The summed E-state index contributed by atoms with van der Waals surface area (Å²) in [5.74, 6) is -0.270. The smallest absolute Gasteiger partial charge is 0.255 e. The van der Waals surface area contributed by atoms with Gasteiger partial charge in [0.1, 0.15) is 10.6 Å². The standard InChI is InChI=1S/C21H24N4O4S/c1-21(2,3)24-30(27,28)19-13-15(5-10-18(19)29-4)20(26)23-16-6-8-17(9-7-16)25-12-11-22-14-25/h5-14,24H,1-4H3,(H,23,26). The van der Waals surface area contributed by atoms with Gasteiger partial charge in [-0.05, 0) is 63.2 Å². The highest BCUT2D eigenvalue weighted by atomic mass is 32.2. The van der Waals surface area contributed by atoms with E-state index >= 15 is 0 Å². The second-order valence-electron chi connectivity index (χ2n) is 7.69. The Hall–Kier alpha value is -3.17. The Kier molecular flexibility index (Phi) is 5.95. The number of carbonyl (C=O) groups excluding carboxylic acids is 1. The predicted octanol–water partition coefficient (Wildman–Crippen LogP) is 3.21. The molecule has 1 amide bonds. The molecule has 1 heterocycles. The van der Waals surface area contributed by atoms with Gasteiger partial charge in [0.25, 0.3) is 5.91 Å². The fourth-order valence-electron chi connectivity index (χ4n) is 2.82. The summed E-state index contributed by atoms with van der Waals surface area (Å²) in [6, 6.07) is 11.5. The van der Waals surface area contributed by atoms with Crippen LogP contribution in [-0.4, -0.2) is 36.5 Å². The molecule has 0 fully saturated rings. The number of rotatable bonds is 6. The molecule has 0 radical (unpaired) electrons. The number of anilines is 1. The molecule has 9 heteroatoms. The number of benzene rings is 2. The van der Waals surface area contributed by atoms with Crippen LogP contribution in [0, 0.1) is 0 Å². The number of nitrogens with one attached hydrogen (secondary N) is 2. The first-order chi connectivity index (χ1) is 14.1. The summed E-state index contributed by atoms with van der Waals surface area (Å²) in [4.78, 5) is 16.6. The number of ether oxygens (including phenoxy) is 1. The lowest BCUT2D eigenvalue weighted by atomic mass is 10.1. The highest BCUT2D eigenvalue weighted by Gasteiger charge is 2.26. The van der Waals surface area contributed by atoms with Crippen molar-refractivity contribution in [2.24, 2.45) is 0 Å². The number of nitrogens with zero attached hydrogens (tertiary/aromatic N) is 2. The third kappa shape index (κ3) is 5.05. The summed E-state index contributed by atoms with van der Waals surface area (Å²) >= 11 is 0. The summed E-state index contributed by atoms with van der Waals surface area (Å²) < 4.78 is 35.2.